The predicted molar refractivity (Wildman–Crippen MR) is 65.1 cm³/mol. The summed E-state index contributed by atoms with van der Waals surface area (Å²) in [5.74, 6) is 0.938. The minimum atomic E-state index is 0.837. The molecule has 2 heterocycles. The second-order valence-corrected chi connectivity index (χ2v) is 5.22. The highest BCUT2D eigenvalue weighted by Crippen LogP contribution is 2.27. The molecule has 0 bridgehead atoms. The standard InChI is InChI=1S/C13H26N2/c1-3-12(4-2)15-9-7-13-11(10-15)6-5-8-14-13/h11-14H,3-10H2,1-2H3. The number of hydrogen-bond acceptors (Lipinski definition) is 2. The maximum atomic E-state index is 3.69. The van der Waals surface area contributed by atoms with Gasteiger partial charge in [0.15, 0.2) is 0 Å². The molecule has 2 aliphatic heterocycles. The van der Waals surface area contributed by atoms with Crippen molar-refractivity contribution in [3.8, 4) is 0 Å². The van der Waals surface area contributed by atoms with E-state index in [0.717, 1.165) is 18.0 Å². The molecule has 0 spiro atoms. The lowest BCUT2D eigenvalue weighted by atomic mass is 9.84. The predicted octanol–water partition coefficient (Wildman–Crippen LogP) is 2.25. The molecule has 2 saturated heterocycles. The fourth-order valence-corrected chi connectivity index (χ4v) is 3.41. The van der Waals surface area contributed by atoms with Crippen LogP contribution in [0.5, 0.6) is 0 Å². The van der Waals surface area contributed by atoms with Crippen LogP contribution in [0, 0.1) is 5.92 Å². The van der Waals surface area contributed by atoms with Gasteiger partial charge in [-0.05, 0) is 51.1 Å². The fourth-order valence-electron chi connectivity index (χ4n) is 3.41. The van der Waals surface area contributed by atoms with Gasteiger partial charge in [0.05, 0.1) is 0 Å². The average Bonchev–Trinajstić information content (AvgIpc) is 2.30. The Morgan fingerprint density at radius 2 is 2.07 bits per heavy atom. The van der Waals surface area contributed by atoms with Crippen LogP contribution in [-0.4, -0.2) is 36.6 Å². The lowest BCUT2D eigenvalue weighted by Gasteiger charge is -2.44. The van der Waals surface area contributed by atoms with Gasteiger partial charge in [-0.2, -0.15) is 0 Å². The van der Waals surface area contributed by atoms with Crippen molar-refractivity contribution < 1.29 is 0 Å². The van der Waals surface area contributed by atoms with Gasteiger partial charge in [0.1, 0.15) is 0 Å². The molecule has 0 aliphatic carbocycles. The Bertz CT molecular complexity index is 189. The van der Waals surface area contributed by atoms with Crippen LogP contribution in [0.4, 0.5) is 0 Å². The molecule has 0 saturated carbocycles. The van der Waals surface area contributed by atoms with Crippen LogP contribution < -0.4 is 5.32 Å². The van der Waals surface area contributed by atoms with Crippen LogP contribution in [0.3, 0.4) is 0 Å². The lowest BCUT2D eigenvalue weighted by molar-refractivity contribution is 0.0756. The minimum Gasteiger partial charge on any atom is -0.314 e. The number of hydrogen-bond donors (Lipinski definition) is 1. The Labute approximate surface area is 94.4 Å². The zero-order valence-corrected chi connectivity index (χ0v) is 10.3. The molecule has 2 unspecified atom stereocenters. The minimum absolute atomic E-state index is 0.837. The summed E-state index contributed by atoms with van der Waals surface area (Å²) in [5.41, 5.74) is 0. The van der Waals surface area contributed by atoms with E-state index >= 15 is 0 Å². The largest absolute Gasteiger partial charge is 0.314 e. The van der Waals surface area contributed by atoms with E-state index in [9.17, 15) is 0 Å². The van der Waals surface area contributed by atoms with Gasteiger partial charge >= 0.3 is 0 Å². The van der Waals surface area contributed by atoms with Crippen molar-refractivity contribution in [1.29, 1.82) is 0 Å². The van der Waals surface area contributed by atoms with E-state index in [1.165, 1.54) is 51.7 Å². The van der Waals surface area contributed by atoms with Crippen molar-refractivity contribution in [3.63, 3.8) is 0 Å². The molecule has 2 aliphatic rings. The van der Waals surface area contributed by atoms with Gasteiger partial charge in [0, 0.05) is 18.6 Å². The highest BCUT2D eigenvalue weighted by atomic mass is 15.2. The monoisotopic (exact) mass is 210 g/mol. The van der Waals surface area contributed by atoms with Crippen molar-refractivity contribution in [2.45, 2.75) is 58.0 Å². The third kappa shape index (κ3) is 2.54. The van der Waals surface area contributed by atoms with E-state index in [-0.39, 0.29) is 0 Å². The van der Waals surface area contributed by atoms with E-state index in [1.807, 2.05) is 0 Å². The SMILES string of the molecule is CCC(CC)N1CCC2NCCCC2C1. The van der Waals surface area contributed by atoms with E-state index in [2.05, 4.69) is 24.1 Å². The van der Waals surface area contributed by atoms with Crippen LogP contribution >= 0.6 is 0 Å². The van der Waals surface area contributed by atoms with Crippen molar-refractivity contribution in [2.24, 2.45) is 5.92 Å². The van der Waals surface area contributed by atoms with E-state index in [0.29, 0.717) is 0 Å². The number of nitrogens with one attached hydrogen (secondary N) is 1. The molecule has 88 valence electrons. The third-order valence-corrected chi connectivity index (χ3v) is 4.38. The van der Waals surface area contributed by atoms with E-state index in [1.54, 1.807) is 0 Å². The Morgan fingerprint density at radius 3 is 2.80 bits per heavy atom. The van der Waals surface area contributed by atoms with E-state index < -0.39 is 0 Å². The Morgan fingerprint density at radius 1 is 1.27 bits per heavy atom. The summed E-state index contributed by atoms with van der Waals surface area (Å²) in [5, 5.41) is 3.69. The lowest BCUT2D eigenvalue weighted by Crippen LogP contribution is -2.54. The number of fused-ring (bicyclic) bond motifs is 1. The van der Waals surface area contributed by atoms with Gasteiger partial charge in [-0.15, -0.1) is 0 Å². The second-order valence-electron chi connectivity index (χ2n) is 5.22. The highest BCUT2D eigenvalue weighted by molar-refractivity contribution is 4.89. The molecule has 15 heavy (non-hydrogen) atoms. The molecular formula is C13H26N2. The Hall–Kier alpha value is -0.0800. The second kappa shape index (κ2) is 5.31. The summed E-state index contributed by atoms with van der Waals surface area (Å²) < 4.78 is 0. The average molecular weight is 210 g/mol. The summed E-state index contributed by atoms with van der Waals surface area (Å²) >= 11 is 0. The van der Waals surface area contributed by atoms with Gasteiger partial charge in [-0.3, -0.25) is 0 Å². The quantitative estimate of drug-likeness (QED) is 0.768. The van der Waals surface area contributed by atoms with Gasteiger partial charge in [0.2, 0.25) is 0 Å². The highest BCUT2D eigenvalue weighted by Gasteiger charge is 2.32. The Kier molecular flexibility index (Phi) is 4.04. The zero-order chi connectivity index (χ0) is 10.7. The first-order valence-corrected chi connectivity index (χ1v) is 6.82. The molecule has 0 aromatic rings. The molecular weight excluding hydrogens is 184 g/mol. The number of rotatable bonds is 3. The number of piperidine rings is 2. The molecule has 0 aromatic heterocycles. The first-order chi connectivity index (χ1) is 7.35. The molecule has 2 atom stereocenters. The van der Waals surface area contributed by atoms with Gasteiger partial charge < -0.3 is 10.2 Å². The molecule has 2 heteroatoms. The maximum absolute atomic E-state index is 3.69. The molecule has 0 radical (unpaired) electrons. The van der Waals surface area contributed by atoms with Crippen LogP contribution in [-0.2, 0) is 0 Å². The topological polar surface area (TPSA) is 15.3 Å². The Balaban J connectivity index is 1.90. The normalized spacial score (nSPS) is 33.0. The van der Waals surface area contributed by atoms with Crippen molar-refractivity contribution >= 4 is 0 Å². The van der Waals surface area contributed by atoms with Crippen LogP contribution in [0.25, 0.3) is 0 Å². The molecule has 2 fully saturated rings. The molecule has 0 amide bonds. The summed E-state index contributed by atoms with van der Waals surface area (Å²) in [6.45, 7) is 8.59. The van der Waals surface area contributed by atoms with Gasteiger partial charge in [0.25, 0.3) is 0 Å². The van der Waals surface area contributed by atoms with Crippen LogP contribution in [0.2, 0.25) is 0 Å². The van der Waals surface area contributed by atoms with Crippen LogP contribution in [0.1, 0.15) is 46.0 Å². The summed E-state index contributed by atoms with van der Waals surface area (Å²) in [7, 11) is 0. The molecule has 1 N–H and O–H groups in total. The van der Waals surface area contributed by atoms with Crippen molar-refractivity contribution in [1.82, 2.24) is 10.2 Å². The van der Waals surface area contributed by atoms with Crippen LogP contribution in [0.15, 0.2) is 0 Å². The summed E-state index contributed by atoms with van der Waals surface area (Å²) in [4.78, 5) is 2.74. The maximum Gasteiger partial charge on any atom is 0.0120 e. The van der Waals surface area contributed by atoms with E-state index in [4.69, 9.17) is 0 Å². The fraction of sp³-hybridized carbons (Fsp3) is 1.00. The summed E-state index contributed by atoms with van der Waals surface area (Å²) in [6, 6.07) is 1.68. The first-order valence-electron chi connectivity index (χ1n) is 6.82. The number of likely N-dealkylation sites (tertiary alicyclic amines) is 1. The molecule has 2 nitrogen and oxygen atoms in total. The first kappa shape index (κ1) is 11.4. The molecule has 2 rings (SSSR count). The smallest absolute Gasteiger partial charge is 0.0120 e. The molecule has 0 aromatic carbocycles. The zero-order valence-electron chi connectivity index (χ0n) is 10.3. The van der Waals surface area contributed by atoms with Gasteiger partial charge in [-0.25, -0.2) is 0 Å². The number of nitrogens with zero attached hydrogens (tertiary/aromatic N) is 1. The van der Waals surface area contributed by atoms with Crippen molar-refractivity contribution in [2.75, 3.05) is 19.6 Å². The summed E-state index contributed by atoms with van der Waals surface area (Å²) in [6.07, 6.45) is 6.86. The van der Waals surface area contributed by atoms with Gasteiger partial charge in [-0.1, -0.05) is 13.8 Å². The third-order valence-electron chi connectivity index (χ3n) is 4.38. The van der Waals surface area contributed by atoms with Crippen molar-refractivity contribution in [3.05, 3.63) is 0 Å².